The van der Waals surface area contributed by atoms with E-state index in [1.165, 1.54) is 10.9 Å². The van der Waals surface area contributed by atoms with Gasteiger partial charge in [0.05, 0.1) is 11.0 Å². The van der Waals surface area contributed by atoms with Gasteiger partial charge >= 0.3 is 10.6 Å². The molecule has 1 aliphatic rings. The Labute approximate surface area is 189 Å². The van der Waals surface area contributed by atoms with Crippen molar-refractivity contribution in [2.75, 3.05) is 13.1 Å². The van der Waals surface area contributed by atoms with Crippen LogP contribution in [0.3, 0.4) is 0 Å². The van der Waals surface area contributed by atoms with E-state index in [-0.39, 0.29) is 6.10 Å². The molecule has 0 radical (unpaired) electrons. The number of nitrogens with zero attached hydrogens (tertiary/aromatic N) is 2. The summed E-state index contributed by atoms with van der Waals surface area (Å²) in [5.74, 6) is 0.687. The maximum Gasteiger partial charge on any atom is 0.425 e. The summed E-state index contributed by atoms with van der Waals surface area (Å²) in [6.07, 6.45) is 3.80. The van der Waals surface area contributed by atoms with E-state index < -0.39 is 20.6 Å². The third-order valence-electron chi connectivity index (χ3n) is 5.28. The van der Waals surface area contributed by atoms with Crippen molar-refractivity contribution in [2.45, 2.75) is 43.7 Å². The van der Waals surface area contributed by atoms with Crippen LogP contribution in [0.25, 0.3) is 10.9 Å². The van der Waals surface area contributed by atoms with Crippen molar-refractivity contribution in [1.82, 2.24) is 8.87 Å². The Hall–Kier alpha value is -2.69. The van der Waals surface area contributed by atoms with Crippen LogP contribution in [-0.2, 0) is 20.6 Å². The Morgan fingerprint density at radius 3 is 2.12 bits per heavy atom. The zero-order chi connectivity index (χ0) is 23.3. The summed E-state index contributed by atoms with van der Waals surface area (Å²) in [5.41, 5.74) is 1.21. The first-order valence-corrected chi connectivity index (χ1v) is 12.7. The van der Waals surface area contributed by atoms with E-state index in [1.54, 1.807) is 28.6 Å². The summed E-state index contributed by atoms with van der Waals surface area (Å²) in [6.45, 7) is 4.96. The van der Waals surface area contributed by atoms with Crippen LogP contribution in [-0.4, -0.2) is 49.1 Å². The van der Waals surface area contributed by atoms with Crippen molar-refractivity contribution < 1.29 is 25.8 Å². The molecule has 3 aromatic rings. The van der Waals surface area contributed by atoms with Crippen LogP contribution in [0.5, 0.6) is 5.75 Å². The Morgan fingerprint density at radius 2 is 1.53 bits per heavy atom. The molecule has 1 saturated heterocycles. The van der Waals surface area contributed by atoms with Crippen LogP contribution in [0, 0.1) is 0 Å². The molecule has 32 heavy (non-hydrogen) atoms. The third kappa shape index (κ3) is 5.76. The van der Waals surface area contributed by atoms with Crippen LogP contribution in [0.15, 0.2) is 65.7 Å². The van der Waals surface area contributed by atoms with Crippen molar-refractivity contribution in [3.63, 3.8) is 0 Å². The minimum Gasteiger partial charge on any atom is -0.491 e. The van der Waals surface area contributed by atoms with Crippen LogP contribution < -0.4 is 4.74 Å². The van der Waals surface area contributed by atoms with Gasteiger partial charge in [-0.05, 0) is 68.5 Å². The molecule has 0 N–H and O–H groups in total. The summed E-state index contributed by atoms with van der Waals surface area (Å²) < 4.78 is 60.8. The number of piperidine rings is 1. The topological polar surface area (TPSA) is 103 Å². The number of aromatic nitrogens is 1. The molecule has 0 bridgehead atoms. The van der Waals surface area contributed by atoms with E-state index in [4.69, 9.17) is 17.4 Å². The standard InChI is InChI=1S/C22H26N2O3S.O3S/c1-17(2)27-20-7-9-21(10-8-20)28(25,26)23-14-12-19(13-15-23)24-16-11-18-5-3-4-6-22(18)24;1-4(2)3/h3-11,16-17,19H,12-15H2,1-2H3;. The van der Waals surface area contributed by atoms with Gasteiger partial charge in [0.15, 0.2) is 0 Å². The summed E-state index contributed by atoms with van der Waals surface area (Å²) in [6, 6.07) is 17.5. The molecular weight excluding hydrogens is 452 g/mol. The maximum absolute atomic E-state index is 13.0. The highest BCUT2D eigenvalue weighted by Crippen LogP contribution is 2.30. The fraction of sp³-hybridized carbons (Fsp3) is 0.364. The monoisotopic (exact) mass is 478 g/mol. The molecular formula is C22H26N2O6S2. The van der Waals surface area contributed by atoms with Gasteiger partial charge in [-0.15, -0.1) is 12.6 Å². The molecule has 172 valence electrons. The summed E-state index contributed by atoms with van der Waals surface area (Å²) >= 11 is 0. The first-order chi connectivity index (χ1) is 15.2. The summed E-state index contributed by atoms with van der Waals surface area (Å²) in [5, 5.41) is 1.22. The lowest BCUT2D eigenvalue weighted by atomic mass is 10.1. The van der Waals surface area contributed by atoms with Gasteiger partial charge in [0.25, 0.3) is 0 Å². The molecule has 10 heteroatoms. The fourth-order valence-corrected chi connectivity index (χ4v) is 5.36. The Kier molecular flexibility index (Phi) is 7.70. The van der Waals surface area contributed by atoms with Crippen molar-refractivity contribution in [3.05, 3.63) is 60.8 Å². The number of benzene rings is 2. The van der Waals surface area contributed by atoms with Crippen LogP contribution in [0.4, 0.5) is 0 Å². The lowest BCUT2D eigenvalue weighted by Crippen LogP contribution is -2.38. The largest absolute Gasteiger partial charge is 0.491 e. The minimum absolute atomic E-state index is 0.0613. The van der Waals surface area contributed by atoms with Gasteiger partial charge in [0.1, 0.15) is 5.75 Å². The average molecular weight is 479 g/mol. The molecule has 1 aromatic heterocycles. The van der Waals surface area contributed by atoms with Gasteiger partial charge in [0, 0.05) is 30.8 Å². The molecule has 0 spiro atoms. The van der Waals surface area contributed by atoms with Gasteiger partial charge in [0.2, 0.25) is 10.0 Å². The number of fused-ring (bicyclic) bond motifs is 1. The molecule has 8 nitrogen and oxygen atoms in total. The predicted octanol–water partition coefficient (Wildman–Crippen LogP) is 3.45. The normalized spacial score (nSPS) is 15.3. The van der Waals surface area contributed by atoms with E-state index >= 15 is 0 Å². The molecule has 0 aliphatic carbocycles. The first-order valence-electron chi connectivity index (χ1n) is 10.3. The highest BCUT2D eigenvalue weighted by Gasteiger charge is 2.30. The van der Waals surface area contributed by atoms with E-state index in [9.17, 15) is 8.42 Å². The van der Waals surface area contributed by atoms with E-state index in [0.717, 1.165) is 12.8 Å². The molecule has 1 aliphatic heterocycles. The number of para-hydroxylation sites is 1. The zero-order valence-corrected chi connectivity index (χ0v) is 19.6. The summed E-state index contributed by atoms with van der Waals surface area (Å²) in [7, 11) is -6.58. The van der Waals surface area contributed by atoms with Crippen molar-refractivity contribution in [2.24, 2.45) is 0 Å². The highest BCUT2D eigenvalue weighted by atomic mass is 32.2. The van der Waals surface area contributed by atoms with Crippen molar-refractivity contribution >= 4 is 31.5 Å². The Balaban J connectivity index is 0.000000668. The summed E-state index contributed by atoms with van der Waals surface area (Å²) in [4.78, 5) is 0.327. The lowest BCUT2D eigenvalue weighted by molar-refractivity contribution is 0.242. The van der Waals surface area contributed by atoms with Gasteiger partial charge in [-0.2, -0.15) is 4.31 Å². The molecule has 2 heterocycles. The smallest absolute Gasteiger partial charge is 0.425 e. The Morgan fingerprint density at radius 1 is 0.938 bits per heavy atom. The second-order valence-corrected chi connectivity index (χ2v) is 10.1. The molecule has 2 aromatic carbocycles. The van der Waals surface area contributed by atoms with E-state index in [0.29, 0.717) is 29.8 Å². The van der Waals surface area contributed by atoms with Crippen LogP contribution in [0.1, 0.15) is 32.7 Å². The van der Waals surface area contributed by atoms with Crippen molar-refractivity contribution in [3.8, 4) is 5.75 Å². The average Bonchev–Trinajstić information content (AvgIpc) is 3.18. The number of hydrogen-bond acceptors (Lipinski definition) is 6. The Bertz CT molecular complexity index is 1250. The number of rotatable bonds is 5. The SMILES string of the molecule is CC(C)Oc1ccc(S(=O)(=O)N2CCC(n3ccc4ccccc43)CC2)cc1.O=S(=O)=O. The van der Waals surface area contributed by atoms with E-state index in [1.807, 2.05) is 26.0 Å². The number of sulfonamides is 1. The fourth-order valence-electron chi connectivity index (χ4n) is 3.90. The highest BCUT2D eigenvalue weighted by molar-refractivity contribution is 7.89. The quantitative estimate of drug-likeness (QED) is 0.557. The molecule has 0 saturated carbocycles. The van der Waals surface area contributed by atoms with Gasteiger partial charge in [-0.25, -0.2) is 8.42 Å². The molecule has 4 rings (SSSR count). The first kappa shape index (κ1) is 24.0. The molecule has 0 atom stereocenters. The predicted molar refractivity (Wildman–Crippen MR) is 121 cm³/mol. The second kappa shape index (κ2) is 10.3. The van der Waals surface area contributed by atoms with Crippen LogP contribution in [0.2, 0.25) is 0 Å². The van der Waals surface area contributed by atoms with Gasteiger partial charge in [-0.1, -0.05) is 18.2 Å². The van der Waals surface area contributed by atoms with Gasteiger partial charge < -0.3 is 9.30 Å². The second-order valence-electron chi connectivity index (χ2n) is 7.76. The molecule has 1 fully saturated rings. The van der Waals surface area contributed by atoms with Gasteiger partial charge in [-0.3, -0.25) is 0 Å². The molecule has 0 unspecified atom stereocenters. The molecule has 0 amide bonds. The number of ether oxygens (including phenoxy) is 1. The third-order valence-corrected chi connectivity index (χ3v) is 7.19. The van der Waals surface area contributed by atoms with E-state index in [2.05, 4.69) is 29.0 Å². The minimum atomic E-state index is -3.47. The maximum atomic E-state index is 13.0. The zero-order valence-electron chi connectivity index (χ0n) is 17.9. The number of hydrogen-bond donors (Lipinski definition) is 0. The van der Waals surface area contributed by atoms with Crippen LogP contribution >= 0.6 is 0 Å². The lowest BCUT2D eigenvalue weighted by Gasteiger charge is -2.32. The van der Waals surface area contributed by atoms with Crippen molar-refractivity contribution in [1.29, 1.82) is 0 Å².